The standard InChI is InChI=1S/C64H37N5O/c1-5-17-38(18-6-1)42-29-30-53-44(31-42)49-36-52(41-23-11-4-12-24-41)66-59-50-34-48-47-33-43(39-19-7-2-8-20-39)32-46-45-35-51(40-21-9-3-10-22-40)65-37-56(45)69(60(46)47)62(48)64(63(50)68(53)61(49)59)67-54-25-13-15-27-57(54)70-58-28-16-14-26-55(58)67/h1-37H. The summed E-state index contributed by atoms with van der Waals surface area (Å²) >= 11 is 0. The molecule has 7 heterocycles. The number of nitrogens with zero attached hydrogens (tertiary/aromatic N) is 5. The van der Waals surface area contributed by atoms with Gasteiger partial charge < -0.3 is 13.5 Å². The van der Waals surface area contributed by atoms with Crippen molar-refractivity contribution in [3.05, 3.63) is 225 Å². The van der Waals surface area contributed by atoms with E-state index in [9.17, 15) is 0 Å². The molecular formula is C64H37N5O. The number of pyridine rings is 2. The third kappa shape index (κ3) is 5.11. The largest absolute Gasteiger partial charge is 0.453 e. The van der Waals surface area contributed by atoms with Crippen molar-refractivity contribution in [2.75, 3.05) is 4.90 Å². The molecule has 0 radical (unpaired) electrons. The molecule has 0 saturated carbocycles. The molecule has 0 amide bonds. The quantitative estimate of drug-likeness (QED) is 0.173. The molecule has 6 aromatic heterocycles. The number of anilines is 3. The minimum absolute atomic E-state index is 0.793. The van der Waals surface area contributed by atoms with Gasteiger partial charge in [-0.2, -0.15) is 0 Å². The van der Waals surface area contributed by atoms with Crippen LogP contribution in [0.2, 0.25) is 0 Å². The van der Waals surface area contributed by atoms with Gasteiger partial charge in [0, 0.05) is 48.8 Å². The highest BCUT2D eigenvalue weighted by molar-refractivity contribution is 6.34. The lowest BCUT2D eigenvalue weighted by atomic mass is 9.98. The molecule has 1 aliphatic rings. The van der Waals surface area contributed by atoms with Gasteiger partial charge >= 0.3 is 0 Å². The molecule has 6 nitrogen and oxygen atoms in total. The number of hydrogen-bond donors (Lipinski definition) is 0. The first-order valence-electron chi connectivity index (χ1n) is 23.8. The van der Waals surface area contributed by atoms with Crippen LogP contribution < -0.4 is 9.64 Å². The Balaban J connectivity index is 1.16. The third-order valence-electron chi connectivity index (χ3n) is 14.7. The van der Waals surface area contributed by atoms with Crippen LogP contribution in [0.5, 0.6) is 11.5 Å². The van der Waals surface area contributed by atoms with Gasteiger partial charge in [0.05, 0.1) is 73.3 Å². The Bertz CT molecular complexity index is 4310. The number of benzene rings is 9. The van der Waals surface area contributed by atoms with Crippen molar-refractivity contribution in [2.24, 2.45) is 0 Å². The van der Waals surface area contributed by atoms with Crippen LogP contribution in [0.1, 0.15) is 0 Å². The van der Waals surface area contributed by atoms with Gasteiger partial charge in [-0.3, -0.25) is 9.88 Å². The first kappa shape index (κ1) is 37.6. The average molecular weight is 892 g/mol. The van der Waals surface area contributed by atoms with Crippen LogP contribution in [0.3, 0.4) is 0 Å². The topological polar surface area (TPSA) is 47.1 Å². The minimum Gasteiger partial charge on any atom is -0.453 e. The summed E-state index contributed by atoms with van der Waals surface area (Å²) in [5, 5.41) is 8.08. The smallest absolute Gasteiger partial charge is 0.151 e. The van der Waals surface area contributed by atoms with Crippen LogP contribution in [0.15, 0.2) is 225 Å². The maximum absolute atomic E-state index is 6.78. The summed E-state index contributed by atoms with van der Waals surface area (Å²) in [5.74, 6) is 1.59. The molecule has 15 aromatic rings. The predicted molar refractivity (Wildman–Crippen MR) is 288 cm³/mol. The molecule has 0 unspecified atom stereocenters. The number of para-hydroxylation sites is 4. The average Bonchev–Trinajstić information content (AvgIpc) is 4.16. The van der Waals surface area contributed by atoms with Gasteiger partial charge in [0.2, 0.25) is 0 Å². The first-order chi connectivity index (χ1) is 34.7. The van der Waals surface area contributed by atoms with E-state index in [1.165, 1.54) is 38.2 Å². The van der Waals surface area contributed by atoms with Gasteiger partial charge in [-0.15, -0.1) is 0 Å². The Kier molecular flexibility index (Phi) is 7.52. The molecule has 6 heteroatoms. The first-order valence-corrected chi connectivity index (χ1v) is 23.8. The zero-order valence-electron chi connectivity index (χ0n) is 37.5. The summed E-state index contributed by atoms with van der Waals surface area (Å²) in [6, 6.07) is 78.3. The molecule has 0 atom stereocenters. The van der Waals surface area contributed by atoms with E-state index in [-0.39, 0.29) is 0 Å². The highest BCUT2D eigenvalue weighted by atomic mass is 16.5. The zero-order valence-corrected chi connectivity index (χ0v) is 37.5. The lowest BCUT2D eigenvalue weighted by Gasteiger charge is -2.33. The fourth-order valence-electron chi connectivity index (χ4n) is 11.7. The van der Waals surface area contributed by atoms with E-state index in [4.69, 9.17) is 14.7 Å². The van der Waals surface area contributed by atoms with E-state index < -0.39 is 0 Å². The fourth-order valence-corrected chi connectivity index (χ4v) is 11.7. The molecule has 0 aliphatic carbocycles. The van der Waals surface area contributed by atoms with Crippen molar-refractivity contribution in [1.82, 2.24) is 18.8 Å². The molecule has 0 spiro atoms. The highest BCUT2D eigenvalue weighted by Gasteiger charge is 2.34. The summed E-state index contributed by atoms with van der Waals surface area (Å²) in [4.78, 5) is 13.4. The molecule has 70 heavy (non-hydrogen) atoms. The second kappa shape index (κ2) is 14.0. The van der Waals surface area contributed by atoms with Gasteiger partial charge in [-0.1, -0.05) is 152 Å². The summed E-state index contributed by atoms with van der Waals surface area (Å²) in [6.45, 7) is 0. The van der Waals surface area contributed by atoms with E-state index in [1.54, 1.807) is 0 Å². The van der Waals surface area contributed by atoms with Gasteiger partial charge in [-0.25, -0.2) is 4.98 Å². The number of hydrogen-bond acceptors (Lipinski definition) is 4. The Morgan fingerprint density at radius 2 is 0.814 bits per heavy atom. The van der Waals surface area contributed by atoms with Crippen molar-refractivity contribution >= 4 is 93.4 Å². The van der Waals surface area contributed by atoms with Crippen LogP contribution in [0, 0.1) is 0 Å². The summed E-state index contributed by atoms with van der Waals surface area (Å²) < 4.78 is 11.8. The predicted octanol–water partition coefficient (Wildman–Crippen LogP) is 17.0. The Hall–Kier alpha value is -9.52. The van der Waals surface area contributed by atoms with E-state index in [1.807, 2.05) is 0 Å². The Morgan fingerprint density at radius 1 is 0.329 bits per heavy atom. The summed E-state index contributed by atoms with van der Waals surface area (Å²) in [7, 11) is 0. The van der Waals surface area contributed by atoms with E-state index >= 15 is 0 Å². The SMILES string of the molecule is c1ccc(-c2ccc3c(c2)c2cc(-c4ccccc4)nc4c5cc6c7cc(-c8ccccc8)cc8c9cc(-c%10ccccc%10)ncc9n(c6c(N6c9ccccc9Oc9ccccc96)c5n3c24)c87)cc1. The van der Waals surface area contributed by atoms with Crippen LogP contribution in [0.25, 0.3) is 121 Å². The molecule has 0 N–H and O–H groups in total. The van der Waals surface area contributed by atoms with Crippen LogP contribution in [-0.2, 0) is 0 Å². The Morgan fingerprint density at radius 3 is 1.49 bits per heavy atom. The van der Waals surface area contributed by atoms with Crippen LogP contribution in [0.4, 0.5) is 17.1 Å². The minimum atomic E-state index is 0.793. The van der Waals surface area contributed by atoms with Crippen molar-refractivity contribution < 1.29 is 4.74 Å². The van der Waals surface area contributed by atoms with E-state index in [0.29, 0.717) is 0 Å². The maximum atomic E-state index is 6.78. The molecule has 9 aromatic carbocycles. The van der Waals surface area contributed by atoms with Gasteiger partial charge in [-0.05, 0) is 89.0 Å². The third-order valence-corrected chi connectivity index (χ3v) is 14.7. The molecule has 0 bridgehead atoms. The normalized spacial score (nSPS) is 12.7. The van der Waals surface area contributed by atoms with Crippen molar-refractivity contribution in [3.63, 3.8) is 0 Å². The molecule has 16 rings (SSSR count). The van der Waals surface area contributed by atoms with Gasteiger partial charge in [0.25, 0.3) is 0 Å². The Labute approximate surface area is 400 Å². The summed E-state index contributed by atoms with van der Waals surface area (Å²) in [5.41, 5.74) is 19.3. The van der Waals surface area contributed by atoms with Crippen molar-refractivity contribution in [1.29, 1.82) is 0 Å². The highest BCUT2D eigenvalue weighted by Crippen LogP contribution is 2.57. The van der Waals surface area contributed by atoms with Crippen molar-refractivity contribution in [3.8, 4) is 56.3 Å². The molecule has 1 aliphatic heterocycles. The van der Waals surface area contributed by atoms with Gasteiger partial charge in [0.15, 0.2) is 11.5 Å². The lowest BCUT2D eigenvalue weighted by Crippen LogP contribution is -2.17. The van der Waals surface area contributed by atoms with Gasteiger partial charge in [0.1, 0.15) is 0 Å². The fraction of sp³-hybridized carbons (Fsp3) is 0. The molecule has 0 fully saturated rings. The molecule has 0 saturated heterocycles. The van der Waals surface area contributed by atoms with Crippen LogP contribution >= 0.6 is 0 Å². The number of fused-ring (bicyclic) bond motifs is 14. The number of aromatic nitrogens is 4. The second-order valence-electron chi connectivity index (χ2n) is 18.5. The molecular weight excluding hydrogens is 855 g/mol. The van der Waals surface area contributed by atoms with E-state index in [2.05, 4.69) is 238 Å². The lowest BCUT2D eigenvalue weighted by molar-refractivity contribution is 0.477. The number of rotatable bonds is 5. The summed E-state index contributed by atoms with van der Waals surface area (Å²) in [6.07, 6.45) is 2.09. The monoisotopic (exact) mass is 891 g/mol. The maximum Gasteiger partial charge on any atom is 0.151 e. The van der Waals surface area contributed by atoms with Crippen molar-refractivity contribution in [2.45, 2.75) is 0 Å². The second-order valence-corrected chi connectivity index (χ2v) is 18.5. The number of ether oxygens (including phenoxy) is 1. The zero-order chi connectivity index (χ0) is 45.6. The molecule has 324 valence electrons. The van der Waals surface area contributed by atoms with Crippen LogP contribution in [-0.4, -0.2) is 18.8 Å². The van der Waals surface area contributed by atoms with E-state index in [0.717, 1.165) is 111 Å².